The van der Waals surface area contributed by atoms with Crippen molar-refractivity contribution in [3.05, 3.63) is 84.1 Å². The van der Waals surface area contributed by atoms with E-state index in [0.717, 1.165) is 17.9 Å². The molecule has 0 radical (unpaired) electrons. The van der Waals surface area contributed by atoms with Crippen LogP contribution >= 0.6 is 0 Å². The summed E-state index contributed by atoms with van der Waals surface area (Å²) in [6, 6.07) is 14.0. The Morgan fingerprint density at radius 1 is 1.04 bits per heavy atom. The molecule has 0 unspecified atom stereocenters. The van der Waals surface area contributed by atoms with Gasteiger partial charge in [0.2, 0.25) is 0 Å². The highest BCUT2D eigenvalue weighted by Crippen LogP contribution is 2.18. The van der Waals surface area contributed by atoms with Crippen LogP contribution in [0.5, 0.6) is 0 Å². The van der Waals surface area contributed by atoms with Gasteiger partial charge in [-0.05, 0) is 11.6 Å². The number of nitrogens with zero attached hydrogens (tertiary/aromatic N) is 4. The van der Waals surface area contributed by atoms with E-state index in [1.165, 1.54) is 24.2 Å². The van der Waals surface area contributed by atoms with Crippen molar-refractivity contribution >= 4 is 11.7 Å². The van der Waals surface area contributed by atoms with Crippen molar-refractivity contribution in [1.82, 2.24) is 20.3 Å². The van der Waals surface area contributed by atoms with Crippen LogP contribution in [0.25, 0.3) is 0 Å². The lowest BCUT2D eigenvalue weighted by atomic mass is 10.2. The topological polar surface area (TPSA) is 71.0 Å². The first-order valence-electron chi connectivity index (χ1n) is 7.97. The maximum Gasteiger partial charge on any atom is 0.271 e. The molecule has 25 heavy (non-hydrogen) atoms. The minimum Gasteiger partial charge on any atom is -0.355 e. The number of rotatable bonds is 6. The summed E-state index contributed by atoms with van der Waals surface area (Å²) in [6.45, 7) is 1.11. The lowest BCUT2D eigenvalue weighted by Crippen LogP contribution is -2.26. The first kappa shape index (κ1) is 16.6. The Morgan fingerprint density at radius 3 is 2.64 bits per heavy atom. The summed E-state index contributed by atoms with van der Waals surface area (Å²) < 4.78 is 0. The Hall–Kier alpha value is -3.28. The molecule has 0 spiro atoms. The highest BCUT2D eigenvalue weighted by Gasteiger charge is 2.12. The average molecular weight is 333 g/mol. The lowest BCUT2D eigenvalue weighted by Gasteiger charge is -2.21. The summed E-state index contributed by atoms with van der Waals surface area (Å²) in [5.41, 5.74) is 2.44. The number of anilines is 1. The third kappa shape index (κ3) is 4.38. The van der Waals surface area contributed by atoms with Crippen molar-refractivity contribution in [3.8, 4) is 0 Å². The van der Waals surface area contributed by atoms with Crippen LogP contribution < -0.4 is 10.2 Å². The van der Waals surface area contributed by atoms with Crippen LogP contribution in [0.3, 0.4) is 0 Å². The SMILES string of the molecule is CN(Cc1ccccc1)c1ncccc1CNC(=O)c1cnccn1. The fraction of sp³-hybridized carbons (Fsp3) is 0.158. The summed E-state index contributed by atoms with van der Waals surface area (Å²) in [5, 5.41) is 2.87. The number of amides is 1. The van der Waals surface area contributed by atoms with E-state index in [9.17, 15) is 4.79 Å². The molecule has 0 fully saturated rings. The van der Waals surface area contributed by atoms with Gasteiger partial charge >= 0.3 is 0 Å². The smallest absolute Gasteiger partial charge is 0.271 e. The van der Waals surface area contributed by atoms with Gasteiger partial charge in [0.25, 0.3) is 5.91 Å². The molecule has 1 aromatic carbocycles. The quantitative estimate of drug-likeness (QED) is 0.750. The van der Waals surface area contributed by atoms with Gasteiger partial charge in [0.15, 0.2) is 0 Å². The second-order valence-corrected chi connectivity index (χ2v) is 5.60. The standard InChI is InChI=1S/C19H19N5O/c1-24(14-15-6-3-2-4-7-15)18-16(8-5-9-22-18)12-23-19(25)17-13-20-10-11-21-17/h2-11,13H,12,14H2,1H3,(H,23,25). The van der Waals surface area contributed by atoms with Crippen LogP contribution in [-0.4, -0.2) is 27.9 Å². The molecule has 0 atom stereocenters. The van der Waals surface area contributed by atoms with Gasteiger partial charge in [0, 0.05) is 44.3 Å². The van der Waals surface area contributed by atoms with Gasteiger partial charge in [-0.15, -0.1) is 0 Å². The predicted molar refractivity (Wildman–Crippen MR) is 96.0 cm³/mol. The second kappa shape index (κ2) is 8.01. The molecule has 6 heteroatoms. The Morgan fingerprint density at radius 2 is 1.88 bits per heavy atom. The number of hydrogen-bond donors (Lipinski definition) is 1. The molecule has 1 N–H and O–H groups in total. The zero-order valence-electron chi connectivity index (χ0n) is 14.0. The number of benzene rings is 1. The first-order chi connectivity index (χ1) is 12.2. The highest BCUT2D eigenvalue weighted by molar-refractivity contribution is 5.91. The summed E-state index contributed by atoms with van der Waals surface area (Å²) in [4.78, 5) is 26.6. The van der Waals surface area contributed by atoms with E-state index < -0.39 is 0 Å². The van der Waals surface area contributed by atoms with Crippen LogP contribution in [0.4, 0.5) is 5.82 Å². The van der Waals surface area contributed by atoms with E-state index in [1.807, 2.05) is 37.4 Å². The molecule has 0 aliphatic carbocycles. The van der Waals surface area contributed by atoms with Gasteiger partial charge in [0.05, 0.1) is 6.20 Å². The number of aromatic nitrogens is 3. The maximum atomic E-state index is 12.1. The van der Waals surface area contributed by atoms with Crippen molar-refractivity contribution < 1.29 is 4.79 Å². The van der Waals surface area contributed by atoms with E-state index in [1.54, 1.807) is 6.20 Å². The molecule has 1 amide bonds. The minimum atomic E-state index is -0.256. The zero-order chi connectivity index (χ0) is 17.5. The summed E-state index contributed by atoms with van der Waals surface area (Å²) >= 11 is 0. The fourth-order valence-corrected chi connectivity index (χ4v) is 2.53. The van der Waals surface area contributed by atoms with E-state index in [0.29, 0.717) is 12.2 Å². The van der Waals surface area contributed by atoms with Gasteiger partial charge in [-0.1, -0.05) is 36.4 Å². The van der Waals surface area contributed by atoms with Crippen LogP contribution in [0, 0.1) is 0 Å². The van der Waals surface area contributed by atoms with E-state index in [2.05, 4.69) is 37.3 Å². The number of carbonyl (C=O) groups is 1. The summed E-state index contributed by atoms with van der Waals surface area (Å²) in [5.74, 6) is 0.583. The average Bonchev–Trinajstić information content (AvgIpc) is 2.68. The van der Waals surface area contributed by atoms with Gasteiger partial charge in [-0.2, -0.15) is 0 Å². The first-order valence-corrected chi connectivity index (χ1v) is 7.97. The zero-order valence-corrected chi connectivity index (χ0v) is 14.0. The molecule has 0 aliphatic heterocycles. The number of hydrogen-bond acceptors (Lipinski definition) is 5. The van der Waals surface area contributed by atoms with Gasteiger partial charge < -0.3 is 10.2 Å². The number of nitrogens with one attached hydrogen (secondary N) is 1. The number of pyridine rings is 1. The molecule has 0 bridgehead atoms. The minimum absolute atomic E-state index is 0.256. The Kier molecular flexibility index (Phi) is 5.31. The van der Waals surface area contributed by atoms with Crippen LogP contribution in [0.1, 0.15) is 21.6 Å². The molecule has 6 nitrogen and oxygen atoms in total. The Bertz CT molecular complexity index is 823. The van der Waals surface area contributed by atoms with Crippen LogP contribution in [-0.2, 0) is 13.1 Å². The summed E-state index contributed by atoms with van der Waals surface area (Å²) in [6.07, 6.45) is 6.23. The van der Waals surface area contributed by atoms with Gasteiger partial charge in [-0.25, -0.2) is 9.97 Å². The predicted octanol–water partition coefficient (Wildman–Crippen LogP) is 2.44. The highest BCUT2D eigenvalue weighted by atomic mass is 16.1. The lowest BCUT2D eigenvalue weighted by molar-refractivity contribution is 0.0945. The third-order valence-corrected chi connectivity index (χ3v) is 3.73. The van der Waals surface area contributed by atoms with Crippen LogP contribution in [0.2, 0.25) is 0 Å². The molecular formula is C19H19N5O. The monoisotopic (exact) mass is 333 g/mol. The molecule has 0 aliphatic rings. The normalized spacial score (nSPS) is 10.3. The van der Waals surface area contributed by atoms with Crippen molar-refractivity contribution in [3.63, 3.8) is 0 Å². The summed E-state index contributed by atoms with van der Waals surface area (Å²) in [7, 11) is 1.99. The number of carbonyl (C=O) groups excluding carboxylic acids is 1. The van der Waals surface area contributed by atoms with E-state index in [-0.39, 0.29) is 5.91 Å². The molecule has 126 valence electrons. The van der Waals surface area contributed by atoms with E-state index >= 15 is 0 Å². The molecular weight excluding hydrogens is 314 g/mol. The molecule has 0 saturated carbocycles. The Balaban J connectivity index is 1.69. The van der Waals surface area contributed by atoms with Gasteiger partial charge in [-0.3, -0.25) is 9.78 Å². The van der Waals surface area contributed by atoms with Crippen LogP contribution in [0.15, 0.2) is 67.3 Å². The van der Waals surface area contributed by atoms with Crippen molar-refractivity contribution in [1.29, 1.82) is 0 Å². The molecule has 2 heterocycles. The largest absolute Gasteiger partial charge is 0.355 e. The van der Waals surface area contributed by atoms with Gasteiger partial charge in [0.1, 0.15) is 11.5 Å². The third-order valence-electron chi connectivity index (χ3n) is 3.73. The fourth-order valence-electron chi connectivity index (χ4n) is 2.53. The van der Waals surface area contributed by atoms with E-state index in [4.69, 9.17) is 0 Å². The molecule has 3 rings (SSSR count). The molecule has 2 aromatic heterocycles. The Labute approximate surface area is 146 Å². The molecule has 3 aromatic rings. The second-order valence-electron chi connectivity index (χ2n) is 5.60. The van der Waals surface area contributed by atoms with Crippen molar-refractivity contribution in [2.45, 2.75) is 13.1 Å². The van der Waals surface area contributed by atoms with Crippen molar-refractivity contribution in [2.75, 3.05) is 11.9 Å². The molecule has 0 saturated heterocycles. The van der Waals surface area contributed by atoms with Crippen molar-refractivity contribution in [2.24, 2.45) is 0 Å². The maximum absolute atomic E-state index is 12.1.